The molecule has 0 fully saturated rings. The van der Waals surface area contributed by atoms with Crippen LogP contribution in [-0.4, -0.2) is 10.7 Å². The zero-order chi connectivity index (χ0) is 10.2. The number of fused-ring (bicyclic) bond motifs is 1. The normalized spacial score (nSPS) is 21.8. The fraction of sp³-hybridized carbons (Fsp3) is 0.538. The maximum Gasteiger partial charge on any atom is 0.0623 e. The Balaban J connectivity index is 2.22. The zero-order valence-electron chi connectivity index (χ0n) is 8.96. The van der Waals surface area contributed by atoms with E-state index < -0.39 is 5.60 Å². The highest BCUT2D eigenvalue weighted by Gasteiger charge is 2.29. The molecule has 14 heavy (non-hydrogen) atoms. The van der Waals surface area contributed by atoms with Gasteiger partial charge in [0, 0.05) is 0 Å². The molecule has 0 saturated carbocycles. The second-order valence-corrected chi connectivity index (χ2v) is 4.86. The minimum atomic E-state index is -0.534. The molecule has 0 spiro atoms. The lowest BCUT2D eigenvalue weighted by Gasteiger charge is -2.33. The van der Waals surface area contributed by atoms with Crippen LogP contribution in [0.1, 0.15) is 31.4 Å². The van der Waals surface area contributed by atoms with Gasteiger partial charge < -0.3 is 5.11 Å². The highest BCUT2D eigenvalue weighted by atomic mass is 16.3. The molecule has 2 rings (SSSR count). The fourth-order valence-electron chi connectivity index (χ4n) is 2.30. The van der Waals surface area contributed by atoms with Gasteiger partial charge in [0.25, 0.3) is 0 Å². The third kappa shape index (κ3) is 1.83. The van der Waals surface area contributed by atoms with Crippen molar-refractivity contribution in [2.45, 2.75) is 38.7 Å². The van der Waals surface area contributed by atoms with E-state index in [-0.39, 0.29) is 0 Å². The summed E-state index contributed by atoms with van der Waals surface area (Å²) in [5.74, 6) is 0.414. The maximum absolute atomic E-state index is 9.97. The van der Waals surface area contributed by atoms with Gasteiger partial charge in [0.05, 0.1) is 5.60 Å². The first-order valence-corrected chi connectivity index (χ1v) is 5.36. The first-order valence-electron chi connectivity index (χ1n) is 5.36. The largest absolute Gasteiger partial charge is 0.390 e. The van der Waals surface area contributed by atoms with E-state index >= 15 is 0 Å². The van der Waals surface area contributed by atoms with Gasteiger partial charge in [0.15, 0.2) is 0 Å². The first kappa shape index (κ1) is 9.72. The molecular weight excluding hydrogens is 172 g/mol. The average molecular weight is 190 g/mol. The summed E-state index contributed by atoms with van der Waals surface area (Å²) in [5, 5.41) is 9.97. The van der Waals surface area contributed by atoms with Gasteiger partial charge in [-0.25, -0.2) is 0 Å². The summed E-state index contributed by atoms with van der Waals surface area (Å²) >= 11 is 0. The molecule has 0 aromatic heterocycles. The molecule has 1 N–H and O–H groups in total. The number of hydrogen-bond donors (Lipinski definition) is 1. The van der Waals surface area contributed by atoms with E-state index in [1.54, 1.807) is 0 Å². The molecule has 0 saturated heterocycles. The van der Waals surface area contributed by atoms with Crippen molar-refractivity contribution < 1.29 is 5.11 Å². The van der Waals surface area contributed by atoms with Gasteiger partial charge in [0.2, 0.25) is 0 Å². The van der Waals surface area contributed by atoms with Crippen LogP contribution in [0.2, 0.25) is 0 Å². The Morgan fingerprint density at radius 1 is 1.21 bits per heavy atom. The van der Waals surface area contributed by atoms with Crippen molar-refractivity contribution in [3.8, 4) is 0 Å². The Hall–Kier alpha value is -0.820. The molecule has 1 aliphatic rings. The average Bonchev–Trinajstić information content (AvgIpc) is 2.16. The first-order chi connectivity index (χ1) is 6.57. The molecule has 0 heterocycles. The van der Waals surface area contributed by atoms with Gasteiger partial charge in [-0.3, -0.25) is 0 Å². The SMILES string of the molecule is CC(C)(O)C1CCc2ccccc2C1. The lowest BCUT2D eigenvalue weighted by atomic mass is 9.76. The van der Waals surface area contributed by atoms with E-state index in [4.69, 9.17) is 0 Å². The quantitative estimate of drug-likeness (QED) is 0.721. The lowest BCUT2D eigenvalue weighted by molar-refractivity contribution is 0.0110. The summed E-state index contributed by atoms with van der Waals surface area (Å²) in [7, 11) is 0. The molecule has 1 aromatic rings. The van der Waals surface area contributed by atoms with Gasteiger partial charge >= 0.3 is 0 Å². The number of aliphatic hydroxyl groups is 1. The Morgan fingerprint density at radius 2 is 1.86 bits per heavy atom. The molecule has 0 amide bonds. The van der Waals surface area contributed by atoms with Crippen molar-refractivity contribution >= 4 is 0 Å². The summed E-state index contributed by atoms with van der Waals surface area (Å²) in [5.41, 5.74) is 2.35. The number of hydrogen-bond acceptors (Lipinski definition) is 1. The Bertz CT molecular complexity index is 322. The summed E-state index contributed by atoms with van der Waals surface area (Å²) in [6.45, 7) is 3.84. The van der Waals surface area contributed by atoms with Crippen molar-refractivity contribution in [1.29, 1.82) is 0 Å². The van der Waals surface area contributed by atoms with Crippen molar-refractivity contribution in [3.63, 3.8) is 0 Å². The van der Waals surface area contributed by atoms with Crippen LogP contribution in [0.25, 0.3) is 0 Å². The second kappa shape index (κ2) is 3.39. The van der Waals surface area contributed by atoms with E-state index in [2.05, 4.69) is 24.3 Å². The monoisotopic (exact) mass is 190 g/mol. The fourth-order valence-corrected chi connectivity index (χ4v) is 2.30. The van der Waals surface area contributed by atoms with Crippen LogP contribution >= 0.6 is 0 Å². The van der Waals surface area contributed by atoms with Crippen LogP contribution in [0.15, 0.2) is 24.3 Å². The molecule has 0 bridgehead atoms. The molecular formula is C13H18O. The standard InChI is InChI=1S/C13H18O/c1-13(2,14)12-8-7-10-5-3-4-6-11(10)9-12/h3-6,12,14H,7-9H2,1-2H3. The topological polar surface area (TPSA) is 20.2 Å². The van der Waals surface area contributed by atoms with Crippen LogP contribution in [0.5, 0.6) is 0 Å². The van der Waals surface area contributed by atoms with E-state index in [1.807, 2.05) is 13.8 Å². The summed E-state index contributed by atoms with van der Waals surface area (Å²) in [6, 6.07) is 8.58. The predicted octanol–water partition coefficient (Wildman–Crippen LogP) is 2.56. The van der Waals surface area contributed by atoms with Crippen LogP contribution in [-0.2, 0) is 12.8 Å². The molecule has 1 heteroatoms. The van der Waals surface area contributed by atoms with Gasteiger partial charge in [-0.15, -0.1) is 0 Å². The molecule has 1 unspecified atom stereocenters. The Kier molecular flexibility index (Phi) is 2.36. The third-order valence-electron chi connectivity index (χ3n) is 3.35. The molecule has 1 aromatic carbocycles. The Labute approximate surface area is 85.8 Å². The smallest absolute Gasteiger partial charge is 0.0623 e. The maximum atomic E-state index is 9.97. The van der Waals surface area contributed by atoms with Gasteiger partial charge in [-0.05, 0) is 50.2 Å². The minimum absolute atomic E-state index is 0.414. The van der Waals surface area contributed by atoms with Gasteiger partial charge in [0.1, 0.15) is 0 Å². The van der Waals surface area contributed by atoms with E-state index in [9.17, 15) is 5.11 Å². The molecule has 1 nitrogen and oxygen atoms in total. The van der Waals surface area contributed by atoms with Crippen molar-refractivity contribution in [3.05, 3.63) is 35.4 Å². The molecule has 1 aliphatic carbocycles. The summed E-state index contributed by atoms with van der Waals surface area (Å²) < 4.78 is 0. The number of benzene rings is 1. The van der Waals surface area contributed by atoms with Crippen LogP contribution in [0, 0.1) is 5.92 Å². The summed E-state index contributed by atoms with van der Waals surface area (Å²) in [4.78, 5) is 0. The number of aryl methyl sites for hydroxylation is 1. The van der Waals surface area contributed by atoms with Gasteiger partial charge in [-0.2, -0.15) is 0 Å². The molecule has 1 atom stereocenters. The highest BCUT2D eigenvalue weighted by Crippen LogP contribution is 2.31. The minimum Gasteiger partial charge on any atom is -0.390 e. The molecule has 76 valence electrons. The van der Waals surface area contributed by atoms with E-state index in [0.29, 0.717) is 5.92 Å². The third-order valence-corrected chi connectivity index (χ3v) is 3.35. The van der Waals surface area contributed by atoms with Crippen LogP contribution < -0.4 is 0 Å². The molecule has 0 radical (unpaired) electrons. The van der Waals surface area contributed by atoms with Crippen molar-refractivity contribution in [2.75, 3.05) is 0 Å². The van der Waals surface area contributed by atoms with Crippen LogP contribution in [0.4, 0.5) is 0 Å². The predicted molar refractivity (Wildman–Crippen MR) is 58.3 cm³/mol. The lowest BCUT2D eigenvalue weighted by Crippen LogP contribution is -2.34. The molecule has 0 aliphatic heterocycles. The van der Waals surface area contributed by atoms with Crippen molar-refractivity contribution in [1.82, 2.24) is 0 Å². The summed E-state index contributed by atoms with van der Waals surface area (Å²) in [6.07, 6.45) is 3.25. The second-order valence-electron chi connectivity index (χ2n) is 4.86. The van der Waals surface area contributed by atoms with Crippen LogP contribution in [0.3, 0.4) is 0 Å². The number of rotatable bonds is 1. The Morgan fingerprint density at radius 3 is 2.50 bits per heavy atom. The van der Waals surface area contributed by atoms with Crippen molar-refractivity contribution in [2.24, 2.45) is 5.92 Å². The zero-order valence-corrected chi connectivity index (χ0v) is 8.96. The highest BCUT2D eigenvalue weighted by molar-refractivity contribution is 5.30. The van der Waals surface area contributed by atoms with E-state index in [0.717, 1.165) is 19.3 Å². The van der Waals surface area contributed by atoms with E-state index in [1.165, 1.54) is 11.1 Å². The van der Waals surface area contributed by atoms with Gasteiger partial charge in [-0.1, -0.05) is 24.3 Å².